The molecule has 9 heteroatoms. The van der Waals surface area contributed by atoms with E-state index in [0.717, 1.165) is 25.7 Å². The molecule has 7 N–H and O–H groups in total. The van der Waals surface area contributed by atoms with E-state index in [-0.39, 0.29) is 29.9 Å². The number of aliphatic hydroxyl groups is 1. The first-order valence-corrected chi connectivity index (χ1v) is 21.3. The second kappa shape index (κ2) is 22.5. The van der Waals surface area contributed by atoms with E-state index in [0.29, 0.717) is 86.1 Å². The average Bonchev–Trinajstić information content (AvgIpc) is 3.49. The van der Waals surface area contributed by atoms with Gasteiger partial charge in [0.1, 0.15) is 12.1 Å². The number of nitrogens with two attached hydrogens (primary N) is 2. The van der Waals surface area contributed by atoms with Gasteiger partial charge in [-0.05, 0) is 156 Å². The number of unbranched alkanes of at least 4 members (excludes halogenated alkanes) is 2. The predicted molar refractivity (Wildman–Crippen MR) is 209 cm³/mol. The van der Waals surface area contributed by atoms with E-state index >= 15 is 0 Å². The van der Waals surface area contributed by atoms with Crippen molar-refractivity contribution >= 4 is 17.8 Å². The van der Waals surface area contributed by atoms with Gasteiger partial charge in [0.2, 0.25) is 11.8 Å². The molecule has 0 radical (unpaired) electrons. The Kier molecular flexibility index (Phi) is 20.0. The molecule has 4 aliphatic carbocycles. The first kappa shape index (κ1) is 45.4. The zero-order chi connectivity index (χ0) is 38.2. The van der Waals surface area contributed by atoms with Crippen molar-refractivity contribution in [1.29, 1.82) is 0 Å². The van der Waals surface area contributed by atoms with Crippen LogP contribution >= 0.6 is 0 Å². The van der Waals surface area contributed by atoms with Gasteiger partial charge in [-0.3, -0.25) is 9.59 Å². The maximum absolute atomic E-state index is 13.4. The minimum atomic E-state index is -0.761. The van der Waals surface area contributed by atoms with E-state index in [2.05, 4.69) is 31.4 Å². The monoisotopic (exact) mass is 721 g/mol. The van der Waals surface area contributed by atoms with Gasteiger partial charge in [-0.2, -0.15) is 0 Å². The summed E-state index contributed by atoms with van der Waals surface area (Å²) in [6.07, 6.45) is 15.9. The normalized spacial score (nSPS) is 32.5. The minimum absolute atomic E-state index is 0.122. The molecule has 51 heavy (non-hydrogen) atoms. The lowest BCUT2D eigenvalue weighted by atomic mass is 9.44. The topological polar surface area (TPSA) is 157 Å². The lowest BCUT2D eigenvalue weighted by Crippen LogP contribution is -2.57. The molecule has 9 nitrogen and oxygen atoms in total. The number of fused-ring (bicyclic) bond motifs is 5. The van der Waals surface area contributed by atoms with E-state index in [1.807, 2.05) is 27.7 Å². The lowest BCUT2D eigenvalue weighted by Gasteiger charge is -2.62. The van der Waals surface area contributed by atoms with Gasteiger partial charge in [-0.25, -0.2) is 4.79 Å². The number of aliphatic hydroxyl groups excluding tert-OH is 1. The molecule has 0 aromatic heterocycles. The Morgan fingerprint density at radius 3 is 2.06 bits per heavy atom. The Balaban J connectivity index is 0.00000217. The molecular formula is C42H80N4O5. The molecule has 2 amide bonds. The van der Waals surface area contributed by atoms with Crippen molar-refractivity contribution in [3.63, 3.8) is 0 Å². The lowest BCUT2D eigenvalue weighted by molar-refractivity contribution is -0.164. The molecular weight excluding hydrogens is 640 g/mol. The average molecular weight is 721 g/mol. The van der Waals surface area contributed by atoms with E-state index in [4.69, 9.17) is 16.2 Å². The molecule has 298 valence electrons. The summed E-state index contributed by atoms with van der Waals surface area (Å²) < 4.78 is 5.22. The molecule has 4 fully saturated rings. The van der Waals surface area contributed by atoms with Crippen LogP contribution in [0.25, 0.3) is 0 Å². The van der Waals surface area contributed by atoms with Crippen molar-refractivity contribution in [3.05, 3.63) is 0 Å². The van der Waals surface area contributed by atoms with Crippen LogP contribution in [-0.4, -0.2) is 60.8 Å². The summed E-state index contributed by atoms with van der Waals surface area (Å²) in [5, 5.41) is 17.4. The predicted octanol–water partition coefficient (Wildman–Crippen LogP) is 7.27. The highest BCUT2D eigenvalue weighted by atomic mass is 16.5. The maximum Gasteiger partial charge on any atom is 0.328 e. The van der Waals surface area contributed by atoms with Crippen LogP contribution < -0.4 is 22.1 Å². The van der Waals surface area contributed by atoms with Crippen LogP contribution in [0.4, 0.5) is 0 Å². The second-order valence-electron chi connectivity index (χ2n) is 16.3. The van der Waals surface area contributed by atoms with Crippen molar-refractivity contribution in [1.82, 2.24) is 10.6 Å². The summed E-state index contributed by atoms with van der Waals surface area (Å²) in [6, 6.07) is -1.49. The van der Waals surface area contributed by atoms with Gasteiger partial charge >= 0.3 is 5.97 Å². The summed E-state index contributed by atoms with van der Waals surface area (Å²) in [7, 11) is 0. The second-order valence-corrected chi connectivity index (χ2v) is 16.3. The van der Waals surface area contributed by atoms with Gasteiger partial charge in [0.05, 0.1) is 12.7 Å². The number of nitrogens with one attached hydrogen (secondary N) is 2. The van der Waals surface area contributed by atoms with E-state index in [9.17, 15) is 19.5 Å². The Morgan fingerprint density at radius 2 is 1.43 bits per heavy atom. The number of hydrogen-bond donors (Lipinski definition) is 5. The van der Waals surface area contributed by atoms with Crippen molar-refractivity contribution in [2.24, 2.45) is 57.8 Å². The molecule has 4 unspecified atom stereocenters. The van der Waals surface area contributed by atoms with Crippen molar-refractivity contribution < 1.29 is 24.2 Å². The van der Waals surface area contributed by atoms with Gasteiger partial charge in [-0.15, -0.1) is 0 Å². The molecule has 11 atom stereocenters. The van der Waals surface area contributed by atoms with Crippen LogP contribution in [0.2, 0.25) is 0 Å². The minimum Gasteiger partial charge on any atom is -0.464 e. The third-order valence-electron chi connectivity index (χ3n) is 13.6. The fourth-order valence-electron chi connectivity index (χ4n) is 11.1. The fraction of sp³-hybridized carbons (Fsp3) is 0.929. The number of carbonyl (C=O) groups excluding carboxylic acids is 3. The smallest absolute Gasteiger partial charge is 0.328 e. The Bertz CT molecular complexity index is 1040. The maximum atomic E-state index is 13.4. The van der Waals surface area contributed by atoms with Gasteiger partial charge in [0, 0.05) is 6.42 Å². The van der Waals surface area contributed by atoms with Crippen molar-refractivity contribution in [2.75, 3.05) is 19.7 Å². The molecule has 0 saturated heterocycles. The Morgan fingerprint density at radius 1 is 0.804 bits per heavy atom. The molecule has 0 aromatic rings. The van der Waals surface area contributed by atoms with Gasteiger partial charge in [0.25, 0.3) is 0 Å². The molecule has 0 bridgehead atoms. The molecule has 0 aliphatic heterocycles. The fourth-order valence-corrected chi connectivity index (χ4v) is 11.1. The summed E-state index contributed by atoms with van der Waals surface area (Å²) in [5.41, 5.74) is 11.9. The van der Waals surface area contributed by atoms with Crippen LogP contribution in [0.15, 0.2) is 0 Å². The van der Waals surface area contributed by atoms with Gasteiger partial charge < -0.3 is 31.9 Å². The largest absolute Gasteiger partial charge is 0.464 e. The van der Waals surface area contributed by atoms with Crippen LogP contribution in [0.3, 0.4) is 0 Å². The van der Waals surface area contributed by atoms with Crippen molar-refractivity contribution in [2.45, 2.75) is 183 Å². The third-order valence-corrected chi connectivity index (χ3v) is 13.6. The van der Waals surface area contributed by atoms with Crippen LogP contribution in [0.1, 0.15) is 165 Å². The van der Waals surface area contributed by atoms with E-state index < -0.39 is 18.1 Å². The van der Waals surface area contributed by atoms with Crippen molar-refractivity contribution in [3.8, 4) is 0 Å². The quantitative estimate of drug-likeness (QED) is 0.0782. The number of amides is 2. The molecule has 0 heterocycles. The Hall–Kier alpha value is -1.71. The summed E-state index contributed by atoms with van der Waals surface area (Å²) >= 11 is 0. The van der Waals surface area contributed by atoms with Crippen LogP contribution in [0.5, 0.6) is 0 Å². The van der Waals surface area contributed by atoms with Gasteiger partial charge in [-0.1, -0.05) is 61.3 Å². The molecule has 4 saturated carbocycles. The first-order valence-electron chi connectivity index (χ1n) is 21.3. The molecule has 0 spiro atoms. The number of ether oxygens (including phenoxy) is 1. The third kappa shape index (κ3) is 11.4. The number of esters is 1. The zero-order valence-electron chi connectivity index (χ0n) is 34.1. The standard InChI is InChI=1S/C38H68N4O5.2C2H6/c1-5-47-36(46)31(14-8-11-23-40)42-35(45)30(13-7-10-22-39)41-33(44)18-15-25(2)27-16-17-28-34-29(19-21-38(27,28)4)37(3)20-9-6-12-26(37)24-32(34)43;2*1-2/h25-32,34,43H,5-24,39-40H2,1-4H3,(H,41,44)(H,42,45);2*1-2H3/t25?,26-,27?,28?,29?,30-,31-,32+,34-,37-,38+;;/m0../s1. The van der Waals surface area contributed by atoms with Crippen LogP contribution in [0, 0.1) is 46.3 Å². The summed E-state index contributed by atoms with van der Waals surface area (Å²) in [4.78, 5) is 39.4. The highest BCUT2D eigenvalue weighted by Crippen LogP contribution is 2.68. The van der Waals surface area contributed by atoms with E-state index in [1.54, 1.807) is 6.92 Å². The Labute approximate surface area is 312 Å². The molecule has 4 rings (SSSR count). The zero-order valence-corrected chi connectivity index (χ0v) is 34.1. The molecule has 0 aromatic carbocycles. The number of hydrogen-bond acceptors (Lipinski definition) is 7. The van der Waals surface area contributed by atoms with Gasteiger partial charge in [0.15, 0.2) is 0 Å². The van der Waals surface area contributed by atoms with E-state index in [1.165, 1.54) is 51.4 Å². The SMILES string of the molecule is CC.CC.CCOC(=O)[C@H](CCCCN)NC(=O)[C@H](CCCCN)NC(=O)CCC(C)C1CCC2[C@H]3C(CC[C@]12C)[C@@]1(C)CCCC[C@H]1C[C@H]3O. The molecule has 4 aliphatic rings. The highest BCUT2D eigenvalue weighted by Gasteiger charge is 2.62. The number of rotatable bonds is 17. The number of carbonyl (C=O) groups is 3. The first-order chi connectivity index (χ1) is 24.5. The summed E-state index contributed by atoms with van der Waals surface area (Å²) in [6.45, 7) is 18.4. The highest BCUT2D eigenvalue weighted by molar-refractivity contribution is 5.90. The van der Waals surface area contributed by atoms with Crippen LogP contribution in [-0.2, 0) is 19.1 Å². The summed E-state index contributed by atoms with van der Waals surface area (Å²) in [5.74, 6) is 2.28.